The van der Waals surface area contributed by atoms with Crippen LogP contribution >= 0.6 is 0 Å². The first kappa shape index (κ1) is 12.7. The maximum atomic E-state index is 12.1. The Hall–Kier alpha value is -2.28. The SMILES string of the molecule is Cc1ccc(NC(=O)C2CCCN2)cc1-n1cnnn1. The molecule has 1 fully saturated rings. The zero-order chi connectivity index (χ0) is 13.9. The summed E-state index contributed by atoms with van der Waals surface area (Å²) < 4.78 is 1.58. The van der Waals surface area contributed by atoms with Gasteiger partial charge < -0.3 is 10.6 Å². The molecule has 2 heterocycles. The van der Waals surface area contributed by atoms with E-state index in [-0.39, 0.29) is 11.9 Å². The molecule has 1 aliphatic rings. The van der Waals surface area contributed by atoms with Crippen molar-refractivity contribution in [1.82, 2.24) is 25.5 Å². The fourth-order valence-corrected chi connectivity index (χ4v) is 2.34. The molecule has 0 bridgehead atoms. The zero-order valence-electron chi connectivity index (χ0n) is 11.2. The third-order valence-electron chi connectivity index (χ3n) is 3.45. The van der Waals surface area contributed by atoms with Gasteiger partial charge in [0.1, 0.15) is 6.33 Å². The summed E-state index contributed by atoms with van der Waals surface area (Å²) in [6.07, 6.45) is 3.46. The average molecular weight is 272 g/mol. The Bertz CT molecular complexity index is 603. The van der Waals surface area contributed by atoms with Crippen LogP contribution in [0.15, 0.2) is 24.5 Å². The molecule has 0 saturated carbocycles. The van der Waals surface area contributed by atoms with Crippen LogP contribution in [-0.4, -0.2) is 38.7 Å². The van der Waals surface area contributed by atoms with Gasteiger partial charge in [0.05, 0.1) is 11.7 Å². The van der Waals surface area contributed by atoms with Crippen LogP contribution in [-0.2, 0) is 4.79 Å². The number of amides is 1. The number of hydrogen-bond acceptors (Lipinski definition) is 5. The molecular formula is C13H16N6O. The number of nitrogens with one attached hydrogen (secondary N) is 2. The Labute approximate surface area is 116 Å². The van der Waals surface area contributed by atoms with Crippen LogP contribution in [0.3, 0.4) is 0 Å². The van der Waals surface area contributed by atoms with Crippen LogP contribution in [0.5, 0.6) is 0 Å². The van der Waals surface area contributed by atoms with E-state index in [1.807, 2.05) is 25.1 Å². The fourth-order valence-electron chi connectivity index (χ4n) is 2.34. The molecule has 2 aromatic rings. The second kappa shape index (κ2) is 5.38. The molecule has 2 N–H and O–H groups in total. The van der Waals surface area contributed by atoms with E-state index in [1.165, 1.54) is 6.33 Å². The molecule has 0 radical (unpaired) electrons. The molecule has 104 valence electrons. The number of anilines is 1. The van der Waals surface area contributed by atoms with Crippen molar-refractivity contribution in [2.24, 2.45) is 0 Å². The summed E-state index contributed by atoms with van der Waals surface area (Å²) in [7, 11) is 0. The molecule has 0 aliphatic carbocycles. The van der Waals surface area contributed by atoms with Crippen molar-refractivity contribution in [3.63, 3.8) is 0 Å². The first-order valence-corrected chi connectivity index (χ1v) is 6.62. The van der Waals surface area contributed by atoms with Crippen LogP contribution in [0.2, 0.25) is 0 Å². The molecule has 1 aromatic carbocycles. The molecule has 1 unspecified atom stereocenters. The number of tetrazole rings is 1. The number of benzene rings is 1. The largest absolute Gasteiger partial charge is 0.325 e. The molecule has 1 atom stereocenters. The van der Waals surface area contributed by atoms with Crippen LogP contribution < -0.4 is 10.6 Å². The summed E-state index contributed by atoms with van der Waals surface area (Å²) >= 11 is 0. The van der Waals surface area contributed by atoms with Crippen molar-refractivity contribution >= 4 is 11.6 Å². The van der Waals surface area contributed by atoms with Crippen LogP contribution in [0.25, 0.3) is 5.69 Å². The highest BCUT2D eigenvalue weighted by molar-refractivity contribution is 5.95. The van der Waals surface area contributed by atoms with E-state index in [0.29, 0.717) is 0 Å². The molecule has 1 aromatic heterocycles. The van der Waals surface area contributed by atoms with E-state index in [1.54, 1.807) is 4.68 Å². The Morgan fingerprint density at radius 3 is 3.10 bits per heavy atom. The molecule has 1 saturated heterocycles. The van der Waals surface area contributed by atoms with Gasteiger partial charge in [-0.2, -0.15) is 0 Å². The number of rotatable bonds is 3. The van der Waals surface area contributed by atoms with Gasteiger partial charge in [-0.3, -0.25) is 4.79 Å². The monoisotopic (exact) mass is 272 g/mol. The second-order valence-corrected chi connectivity index (χ2v) is 4.89. The Kier molecular flexibility index (Phi) is 3.42. The minimum absolute atomic E-state index is 0.00835. The number of carbonyl (C=O) groups is 1. The lowest BCUT2D eigenvalue weighted by molar-refractivity contribution is -0.117. The van der Waals surface area contributed by atoms with Gasteiger partial charge in [-0.05, 0) is 54.4 Å². The summed E-state index contributed by atoms with van der Waals surface area (Å²) in [6, 6.07) is 5.61. The summed E-state index contributed by atoms with van der Waals surface area (Å²) in [5, 5.41) is 17.2. The van der Waals surface area contributed by atoms with Crippen molar-refractivity contribution in [3.05, 3.63) is 30.1 Å². The molecular weight excluding hydrogens is 256 g/mol. The Balaban J connectivity index is 1.80. The minimum Gasteiger partial charge on any atom is -0.325 e. The van der Waals surface area contributed by atoms with Crippen molar-refractivity contribution < 1.29 is 4.79 Å². The zero-order valence-corrected chi connectivity index (χ0v) is 11.2. The van der Waals surface area contributed by atoms with Gasteiger partial charge in [-0.25, -0.2) is 4.68 Å². The molecule has 0 spiro atoms. The normalized spacial score (nSPS) is 18.1. The highest BCUT2D eigenvalue weighted by Gasteiger charge is 2.22. The number of carbonyl (C=O) groups excluding carboxylic acids is 1. The summed E-state index contributed by atoms with van der Waals surface area (Å²) in [6.45, 7) is 2.88. The van der Waals surface area contributed by atoms with Crippen molar-refractivity contribution in [3.8, 4) is 5.69 Å². The van der Waals surface area contributed by atoms with E-state index in [0.717, 1.165) is 36.3 Å². The van der Waals surface area contributed by atoms with Gasteiger partial charge in [0, 0.05) is 5.69 Å². The van der Waals surface area contributed by atoms with Gasteiger partial charge in [0.2, 0.25) is 5.91 Å². The van der Waals surface area contributed by atoms with E-state index < -0.39 is 0 Å². The molecule has 1 amide bonds. The van der Waals surface area contributed by atoms with Gasteiger partial charge in [-0.15, -0.1) is 5.10 Å². The fraction of sp³-hybridized carbons (Fsp3) is 0.385. The molecule has 3 rings (SSSR count). The molecule has 1 aliphatic heterocycles. The first-order chi connectivity index (χ1) is 9.74. The minimum atomic E-state index is -0.0900. The van der Waals surface area contributed by atoms with Gasteiger partial charge >= 0.3 is 0 Å². The van der Waals surface area contributed by atoms with Gasteiger partial charge in [0.25, 0.3) is 0 Å². The van der Waals surface area contributed by atoms with Gasteiger partial charge in [0.15, 0.2) is 0 Å². The smallest absolute Gasteiger partial charge is 0.241 e. The number of nitrogens with zero attached hydrogens (tertiary/aromatic N) is 4. The van der Waals surface area contributed by atoms with Crippen molar-refractivity contribution in [2.75, 3.05) is 11.9 Å². The Morgan fingerprint density at radius 2 is 2.40 bits per heavy atom. The number of aromatic nitrogens is 4. The highest BCUT2D eigenvalue weighted by Crippen LogP contribution is 2.19. The molecule has 7 heteroatoms. The quantitative estimate of drug-likeness (QED) is 0.857. The van der Waals surface area contributed by atoms with Crippen LogP contribution in [0, 0.1) is 6.92 Å². The average Bonchev–Trinajstić information content (AvgIpc) is 3.14. The maximum absolute atomic E-state index is 12.1. The predicted molar refractivity (Wildman–Crippen MR) is 73.5 cm³/mol. The Morgan fingerprint density at radius 1 is 1.50 bits per heavy atom. The number of hydrogen-bond donors (Lipinski definition) is 2. The summed E-state index contributed by atoms with van der Waals surface area (Å²) in [5.74, 6) is 0.00835. The van der Waals surface area contributed by atoms with Crippen molar-refractivity contribution in [2.45, 2.75) is 25.8 Å². The predicted octanol–water partition coefficient (Wildman–Crippen LogP) is 0.661. The number of aryl methyl sites for hydroxylation is 1. The lowest BCUT2D eigenvalue weighted by atomic mass is 10.1. The van der Waals surface area contributed by atoms with E-state index in [9.17, 15) is 4.79 Å². The standard InChI is InChI=1S/C13H16N6O/c1-9-4-5-10(7-12(9)19-8-15-17-18-19)16-13(20)11-3-2-6-14-11/h4-5,7-8,11,14H,2-3,6H2,1H3,(H,16,20). The third kappa shape index (κ3) is 2.53. The van der Waals surface area contributed by atoms with Gasteiger partial charge in [-0.1, -0.05) is 6.07 Å². The summed E-state index contributed by atoms with van der Waals surface area (Å²) in [5.41, 5.74) is 2.64. The van der Waals surface area contributed by atoms with E-state index >= 15 is 0 Å². The maximum Gasteiger partial charge on any atom is 0.241 e. The second-order valence-electron chi connectivity index (χ2n) is 4.89. The lowest BCUT2D eigenvalue weighted by Gasteiger charge is -2.13. The third-order valence-corrected chi connectivity index (χ3v) is 3.45. The molecule has 20 heavy (non-hydrogen) atoms. The van der Waals surface area contributed by atoms with E-state index in [4.69, 9.17) is 0 Å². The first-order valence-electron chi connectivity index (χ1n) is 6.62. The van der Waals surface area contributed by atoms with Crippen LogP contribution in [0.1, 0.15) is 18.4 Å². The topological polar surface area (TPSA) is 84.7 Å². The lowest BCUT2D eigenvalue weighted by Crippen LogP contribution is -2.35. The van der Waals surface area contributed by atoms with Crippen molar-refractivity contribution in [1.29, 1.82) is 0 Å². The van der Waals surface area contributed by atoms with E-state index in [2.05, 4.69) is 26.2 Å². The summed E-state index contributed by atoms with van der Waals surface area (Å²) in [4.78, 5) is 12.1. The molecule has 7 nitrogen and oxygen atoms in total. The highest BCUT2D eigenvalue weighted by atomic mass is 16.2. The van der Waals surface area contributed by atoms with Crippen LogP contribution in [0.4, 0.5) is 5.69 Å².